The lowest BCUT2D eigenvalue weighted by Crippen LogP contribution is -2.08. The van der Waals surface area contributed by atoms with Crippen molar-refractivity contribution in [2.75, 3.05) is 0 Å². The second-order valence-corrected chi connectivity index (χ2v) is 13.6. The number of aromatic nitrogens is 9. The van der Waals surface area contributed by atoms with Crippen molar-refractivity contribution in [3.05, 3.63) is 151 Å². The van der Waals surface area contributed by atoms with Gasteiger partial charge in [0, 0.05) is 50.8 Å². The average Bonchev–Trinajstić information content (AvgIpc) is 3.24. The van der Waals surface area contributed by atoms with Gasteiger partial charge in [-0.2, -0.15) is 0 Å². The van der Waals surface area contributed by atoms with Crippen LogP contribution in [0.25, 0.3) is 79.7 Å². The highest BCUT2D eigenvalue weighted by atomic mass is 15.1. The third-order valence-electron chi connectivity index (χ3n) is 8.81. The Hall–Kier alpha value is -6.87. The van der Waals surface area contributed by atoms with E-state index in [9.17, 15) is 0 Å². The number of hydrogen-bond acceptors (Lipinski definition) is 9. The number of benzene rings is 5. The number of nitrogens with zero attached hydrogens (tertiary/aromatic N) is 9. The van der Waals surface area contributed by atoms with E-state index in [1.165, 1.54) is 0 Å². The van der Waals surface area contributed by atoms with Crippen molar-refractivity contribution in [2.45, 2.75) is 39.5 Å². The molecule has 0 atom stereocenters. The fourth-order valence-corrected chi connectivity index (χ4v) is 5.95. The van der Waals surface area contributed by atoms with Crippen LogP contribution in [-0.4, -0.2) is 44.9 Å². The molecular weight excluding hydrogens is 667 g/mol. The quantitative estimate of drug-likeness (QED) is 0.145. The molecule has 0 aliphatic rings. The van der Waals surface area contributed by atoms with Crippen molar-refractivity contribution >= 4 is 0 Å². The summed E-state index contributed by atoms with van der Waals surface area (Å²) < 4.78 is 0. The fraction of sp³-hybridized carbons (Fsp3) is 0.133. The Morgan fingerprint density at radius 3 is 0.722 bits per heavy atom. The van der Waals surface area contributed by atoms with E-state index in [1.54, 1.807) is 0 Å². The van der Waals surface area contributed by atoms with Crippen LogP contribution in [0.15, 0.2) is 140 Å². The van der Waals surface area contributed by atoms with Gasteiger partial charge in [-0.05, 0) is 18.2 Å². The van der Waals surface area contributed by atoms with Crippen LogP contribution < -0.4 is 0 Å². The van der Waals surface area contributed by atoms with Crippen LogP contribution >= 0.6 is 0 Å². The molecule has 3 aromatic heterocycles. The summed E-state index contributed by atoms with van der Waals surface area (Å²) in [5, 5.41) is 0. The van der Waals surface area contributed by atoms with Crippen LogP contribution in [0.2, 0.25) is 0 Å². The maximum absolute atomic E-state index is 5.06. The highest BCUT2D eigenvalue weighted by Crippen LogP contribution is 2.33. The van der Waals surface area contributed by atoms with Gasteiger partial charge in [-0.25, -0.2) is 44.9 Å². The summed E-state index contributed by atoms with van der Waals surface area (Å²) in [6.07, 6.45) is 0. The van der Waals surface area contributed by atoms with E-state index in [2.05, 4.69) is 27.7 Å². The fourth-order valence-electron chi connectivity index (χ4n) is 5.95. The molecule has 9 heteroatoms. The van der Waals surface area contributed by atoms with Crippen LogP contribution in [-0.2, 0) is 0 Å². The molecule has 0 spiro atoms. The molecule has 0 radical (unpaired) electrons. The van der Waals surface area contributed by atoms with E-state index in [4.69, 9.17) is 44.9 Å². The molecule has 8 rings (SSSR count). The zero-order valence-electron chi connectivity index (χ0n) is 30.5. The standard InChI is InChI=1S/C45H37N9/c1-28(2)37-46-38(29(3)4)48-43(47-37)34-25-35(44-51-39(30-17-9-5-10-18-30)49-40(52-44)31-19-11-6-12-20-31)27-36(26-34)45-53-41(32-21-13-7-14-22-32)50-42(54-45)33-23-15-8-16-24-33/h5-29H,1-4H3. The zero-order chi connectivity index (χ0) is 37.0. The Morgan fingerprint density at radius 2 is 0.481 bits per heavy atom. The van der Waals surface area contributed by atoms with Gasteiger partial charge in [0.2, 0.25) is 0 Å². The molecule has 0 fully saturated rings. The Labute approximate surface area is 314 Å². The lowest BCUT2D eigenvalue weighted by molar-refractivity contribution is 0.697. The van der Waals surface area contributed by atoms with Crippen LogP contribution in [0.5, 0.6) is 0 Å². The molecular formula is C45H37N9. The smallest absolute Gasteiger partial charge is 0.164 e. The summed E-state index contributed by atoms with van der Waals surface area (Å²) in [5.74, 6) is 5.46. The molecule has 0 N–H and O–H groups in total. The lowest BCUT2D eigenvalue weighted by Gasteiger charge is -2.14. The van der Waals surface area contributed by atoms with Crippen LogP contribution in [0, 0.1) is 0 Å². The SMILES string of the molecule is CC(C)c1nc(-c2cc(-c3nc(-c4ccccc4)nc(-c4ccccc4)n3)cc(-c3nc(-c4ccccc4)nc(-c4ccccc4)n3)c2)nc(C(C)C)n1. The van der Waals surface area contributed by atoms with Crippen molar-refractivity contribution in [1.29, 1.82) is 0 Å². The summed E-state index contributed by atoms with van der Waals surface area (Å²) in [5.41, 5.74) is 5.76. The molecule has 54 heavy (non-hydrogen) atoms. The molecule has 0 aliphatic carbocycles. The second-order valence-electron chi connectivity index (χ2n) is 13.6. The highest BCUT2D eigenvalue weighted by Gasteiger charge is 2.20. The van der Waals surface area contributed by atoms with Crippen molar-refractivity contribution in [3.8, 4) is 79.7 Å². The summed E-state index contributed by atoms with van der Waals surface area (Å²) in [4.78, 5) is 44.9. The van der Waals surface area contributed by atoms with Crippen molar-refractivity contribution < 1.29 is 0 Å². The monoisotopic (exact) mass is 703 g/mol. The predicted octanol–water partition coefficient (Wildman–Crippen LogP) is 10.2. The molecule has 8 aromatic rings. The third kappa shape index (κ3) is 7.38. The van der Waals surface area contributed by atoms with Crippen molar-refractivity contribution in [3.63, 3.8) is 0 Å². The van der Waals surface area contributed by atoms with Gasteiger partial charge in [0.25, 0.3) is 0 Å². The first kappa shape index (κ1) is 34.2. The molecule has 5 aromatic carbocycles. The first-order chi connectivity index (χ1) is 26.4. The molecule has 0 bridgehead atoms. The maximum atomic E-state index is 5.06. The zero-order valence-corrected chi connectivity index (χ0v) is 30.5. The van der Waals surface area contributed by atoms with Gasteiger partial charge >= 0.3 is 0 Å². The van der Waals surface area contributed by atoms with Gasteiger partial charge in [0.1, 0.15) is 11.6 Å². The molecule has 0 saturated carbocycles. The van der Waals surface area contributed by atoms with Gasteiger partial charge in [-0.1, -0.05) is 149 Å². The molecule has 262 valence electrons. The first-order valence-electron chi connectivity index (χ1n) is 18.0. The lowest BCUT2D eigenvalue weighted by atomic mass is 10.0. The highest BCUT2D eigenvalue weighted by molar-refractivity contribution is 5.78. The largest absolute Gasteiger partial charge is 0.217 e. The van der Waals surface area contributed by atoms with E-state index in [0.29, 0.717) is 40.8 Å². The van der Waals surface area contributed by atoms with Crippen LogP contribution in [0.3, 0.4) is 0 Å². The van der Waals surface area contributed by atoms with E-state index in [-0.39, 0.29) is 11.8 Å². The van der Waals surface area contributed by atoms with Gasteiger partial charge < -0.3 is 0 Å². The second kappa shape index (κ2) is 15.0. The Morgan fingerprint density at radius 1 is 0.259 bits per heavy atom. The van der Waals surface area contributed by atoms with Gasteiger partial charge in [0.15, 0.2) is 40.8 Å². The maximum Gasteiger partial charge on any atom is 0.164 e. The topological polar surface area (TPSA) is 116 Å². The summed E-state index contributed by atoms with van der Waals surface area (Å²) >= 11 is 0. The first-order valence-corrected chi connectivity index (χ1v) is 18.0. The minimum Gasteiger partial charge on any atom is -0.217 e. The summed E-state index contributed by atoms with van der Waals surface area (Å²) in [7, 11) is 0. The van der Waals surface area contributed by atoms with Gasteiger partial charge in [0.05, 0.1) is 0 Å². The van der Waals surface area contributed by atoms with Crippen LogP contribution in [0.4, 0.5) is 0 Å². The van der Waals surface area contributed by atoms with E-state index >= 15 is 0 Å². The van der Waals surface area contributed by atoms with E-state index in [0.717, 1.165) is 50.6 Å². The molecule has 3 heterocycles. The van der Waals surface area contributed by atoms with Gasteiger partial charge in [-0.15, -0.1) is 0 Å². The minimum atomic E-state index is 0.0997. The van der Waals surface area contributed by atoms with Crippen molar-refractivity contribution in [2.24, 2.45) is 0 Å². The molecule has 0 amide bonds. The number of hydrogen-bond donors (Lipinski definition) is 0. The normalized spacial score (nSPS) is 11.3. The Kier molecular flexibility index (Phi) is 9.51. The number of rotatable bonds is 9. The minimum absolute atomic E-state index is 0.0997. The predicted molar refractivity (Wildman–Crippen MR) is 213 cm³/mol. The third-order valence-corrected chi connectivity index (χ3v) is 8.81. The average molecular weight is 704 g/mol. The summed E-state index contributed by atoms with van der Waals surface area (Å²) in [6, 6.07) is 45.9. The molecule has 0 aliphatic heterocycles. The van der Waals surface area contributed by atoms with Crippen LogP contribution in [0.1, 0.15) is 51.2 Å². The van der Waals surface area contributed by atoms with Gasteiger partial charge in [-0.3, -0.25) is 0 Å². The molecule has 9 nitrogen and oxygen atoms in total. The summed E-state index contributed by atoms with van der Waals surface area (Å²) in [6.45, 7) is 8.36. The van der Waals surface area contributed by atoms with E-state index in [1.807, 2.05) is 140 Å². The van der Waals surface area contributed by atoms with E-state index < -0.39 is 0 Å². The molecule has 0 unspecified atom stereocenters. The Balaban J connectivity index is 1.40. The Bertz CT molecular complexity index is 2260. The molecule has 0 saturated heterocycles. The van der Waals surface area contributed by atoms with Crippen molar-refractivity contribution in [1.82, 2.24) is 44.9 Å².